The number of aliphatic hydroxyl groups is 2. The molecule has 0 heterocycles. The molecule has 0 bridgehead atoms. The van der Waals surface area contributed by atoms with Crippen LogP contribution in [0.1, 0.15) is 39.0 Å². The molecule has 0 saturated heterocycles. The van der Waals surface area contributed by atoms with Crippen molar-refractivity contribution < 1.29 is 24.5 Å². The fourth-order valence-corrected chi connectivity index (χ4v) is 1.41. The molecule has 6 nitrogen and oxygen atoms in total. The fourth-order valence-electron chi connectivity index (χ4n) is 1.41. The number of hydrogen-bond acceptors (Lipinski definition) is 5. The van der Waals surface area contributed by atoms with Crippen LogP contribution in [-0.2, 0) is 14.3 Å². The number of esters is 1. The minimum Gasteiger partial charge on any atom is -0.466 e. The van der Waals surface area contributed by atoms with Gasteiger partial charge in [0.15, 0.2) is 0 Å². The normalized spacial score (nSPS) is 10.4. The average Bonchev–Trinajstić information content (AvgIpc) is 2.35. The van der Waals surface area contributed by atoms with Gasteiger partial charge in [0.25, 0.3) is 0 Å². The third-order valence-electron chi connectivity index (χ3n) is 2.40. The Labute approximate surface area is 107 Å². The van der Waals surface area contributed by atoms with Crippen molar-refractivity contribution >= 4 is 11.9 Å². The maximum atomic E-state index is 11.3. The van der Waals surface area contributed by atoms with Crippen molar-refractivity contribution in [1.82, 2.24) is 5.32 Å². The second-order valence-corrected chi connectivity index (χ2v) is 4.00. The van der Waals surface area contributed by atoms with E-state index in [1.165, 1.54) is 0 Å². The quantitative estimate of drug-likeness (QED) is 0.379. The summed E-state index contributed by atoms with van der Waals surface area (Å²) >= 11 is 0. The number of unbranched alkanes of at least 4 members (excludes halogenated alkanes) is 2. The number of carbonyl (C=O) groups excluding carboxylic acids is 2. The molecule has 0 atom stereocenters. The van der Waals surface area contributed by atoms with Gasteiger partial charge in [-0.3, -0.25) is 9.59 Å². The second kappa shape index (κ2) is 11.0. The van der Waals surface area contributed by atoms with E-state index in [1.807, 2.05) is 0 Å². The molecule has 6 heteroatoms. The SMILES string of the molecule is CCOC(=O)CCCCCC(=O)NC(CO)CO. The molecule has 0 aliphatic carbocycles. The largest absolute Gasteiger partial charge is 0.466 e. The van der Waals surface area contributed by atoms with Crippen LogP contribution in [0.15, 0.2) is 0 Å². The maximum absolute atomic E-state index is 11.3. The van der Waals surface area contributed by atoms with Crippen molar-refractivity contribution in [3.05, 3.63) is 0 Å². The summed E-state index contributed by atoms with van der Waals surface area (Å²) in [5.41, 5.74) is 0. The van der Waals surface area contributed by atoms with E-state index in [2.05, 4.69) is 5.32 Å². The Bertz CT molecular complexity index is 241. The highest BCUT2D eigenvalue weighted by Crippen LogP contribution is 2.04. The lowest BCUT2D eigenvalue weighted by Gasteiger charge is -2.12. The third kappa shape index (κ3) is 8.95. The van der Waals surface area contributed by atoms with Crippen molar-refractivity contribution in [1.29, 1.82) is 0 Å². The highest BCUT2D eigenvalue weighted by molar-refractivity contribution is 5.76. The average molecular weight is 261 g/mol. The molecule has 0 fully saturated rings. The molecule has 18 heavy (non-hydrogen) atoms. The highest BCUT2D eigenvalue weighted by Gasteiger charge is 2.09. The van der Waals surface area contributed by atoms with Crippen molar-refractivity contribution in [2.45, 2.75) is 45.1 Å². The van der Waals surface area contributed by atoms with Gasteiger partial charge in [0.1, 0.15) is 0 Å². The molecule has 1 amide bonds. The molecule has 106 valence electrons. The Balaban J connectivity index is 3.48. The smallest absolute Gasteiger partial charge is 0.305 e. The zero-order valence-corrected chi connectivity index (χ0v) is 10.9. The monoisotopic (exact) mass is 261 g/mol. The summed E-state index contributed by atoms with van der Waals surface area (Å²) < 4.78 is 4.78. The van der Waals surface area contributed by atoms with E-state index in [1.54, 1.807) is 6.92 Å². The van der Waals surface area contributed by atoms with Crippen molar-refractivity contribution in [3.8, 4) is 0 Å². The molecule has 0 radical (unpaired) electrons. The Morgan fingerprint density at radius 1 is 1.11 bits per heavy atom. The standard InChI is InChI=1S/C12H23NO5/c1-2-18-12(17)7-5-3-4-6-11(16)13-10(8-14)9-15/h10,14-15H,2-9H2,1H3,(H,13,16). The van der Waals surface area contributed by atoms with Gasteiger partial charge in [0.2, 0.25) is 5.91 Å². The summed E-state index contributed by atoms with van der Waals surface area (Å²) in [6.45, 7) is 1.61. The molecule has 0 saturated carbocycles. The van der Waals surface area contributed by atoms with Crippen LogP contribution in [0, 0.1) is 0 Å². The predicted molar refractivity (Wildman–Crippen MR) is 65.8 cm³/mol. The lowest BCUT2D eigenvalue weighted by Crippen LogP contribution is -2.39. The van der Waals surface area contributed by atoms with Gasteiger partial charge < -0.3 is 20.3 Å². The van der Waals surface area contributed by atoms with Crippen molar-refractivity contribution in [3.63, 3.8) is 0 Å². The van der Waals surface area contributed by atoms with Crippen LogP contribution >= 0.6 is 0 Å². The Hall–Kier alpha value is -1.14. The van der Waals surface area contributed by atoms with Crippen LogP contribution in [0.3, 0.4) is 0 Å². The van der Waals surface area contributed by atoms with Gasteiger partial charge in [-0.05, 0) is 19.8 Å². The molecular formula is C12H23NO5. The van der Waals surface area contributed by atoms with Crippen LogP contribution in [0.4, 0.5) is 0 Å². The molecule has 0 unspecified atom stereocenters. The second-order valence-electron chi connectivity index (χ2n) is 4.00. The number of hydrogen-bond donors (Lipinski definition) is 3. The number of rotatable bonds is 10. The first-order valence-electron chi connectivity index (χ1n) is 6.30. The predicted octanol–water partition coefficient (Wildman–Crippen LogP) is -0.0306. The Morgan fingerprint density at radius 2 is 1.72 bits per heavy atom. The third-order valence-corrected chi connectivity index (χ3v) is 2.40. The van der Waals surface area contributed by atoms with Gasteiger partial charge in [0.05, 0.1) is 25.9 Å². The Kier molecular flexibility index (Phi) is 10.3. The van der Waals surface area contributed by atoms with Gasteiger partial charge in [-0.1, -0.05) is 6.42 Å². The molecule has 0 aromatic carbocycles. The molecule has 0 spiro atoms. The van der Waals surface area contributed by atoms with E-state index in [9.17, 15) is 9.59 Å². The van der Waals surface area contributed by atoms with Crippen molar-refractivity contribution in [2.24, 2.45) is 0 Å². The summed E-state index contributed by atoms with van der Waals surface area (Å²) in [4.78, 5) is 22.4. The van der Waals surface area contributed by atoms with Gasteiger partial charge in [0, 0.05) is 12.8 Å². The van der Waals surface area contributed by atoms with E-state index in [0.717, 1.165) is 6.42 Å². The topological polar surface area (TPSA) is 95.9 Å². The fraction of sp³-hybridized carbons (Fsp3) is 0.833. The summed E-state index contributed by atoms with van der Waals surface area (Å²) in [5.74, 6) is -0.401. The maximum Gasteiger partial charge on any atom is 0.305 e. The van der Waals surface area contributed by atoms with E-state index in [0.29, 0.717) is 32.3 Å². The van der Waals surface area contributed by atoms with Crippen LogP contribution in [0.2, 0.25) is 0 Å². The zero-order chi connectivity index (χ0) is 13.8. The summed E-state index contributed by atoms with van der Waals surface area (Å²) in [7, 11) is 0. The number of carbonyl (C=O) groups is 2. The molecule has 0 aliphatic rings. The minimum atomic E-state index is -0.586. The van der Waals surface area contributed by atoms with E-state index >= 15 is 0 Å². The van der Waals surface area contributed by atoms with Crippen molar-refractivity contribution in [2.75, 3.05) is 19.8 Å². The highest BCUT2D eigenvalue weighted by atomic mass is 16.5. The first kappa shape index (κ1) is 16.9. The lowest BCUT2D eigenvalue weighted by molar-refractivity contribution is -0.143. The van der Waals surface area contributed by atoms with E-state index < -0.39 is 6.04 Å². The molecule has 0 aromatic rings. The molecular weight excluding hydrogens is 238 g/mol. The molecule has 3 N–H and O–H groups in total. The minimum absolute atomic E-state index is 0.195. The van der Waals surface area contributed by atoms with Gasteiger partial charge in [-0.15, -0.1) is 0 Å². The Morgan fingerprint density at radius 3 is 2.28 bits per heavy atom. The van der Waals surface area contributed by atoms with Crippen LogP contribution in [0.5, 0.6) is 0 Å². The number of aliphatic hydroxyl groups excluding tert-OH is 2. The molecule has 0 rings (SSSR count). The zero-order valence-electron chi connectivity index (χ0n) is 10.9. The number of nitrogens with one attached hydrogen (secondary N) is 1. The van der Waals surface area contributed by atoms with Gasteiger partial charge in [-0.2, -0.15) is 0 Å². The van der Waals surface area contributed by atoms with Crippen LogP contribution in [0.25, 0.3) is 0 Å². The summed E-state index contributed by atoms with van der Waals surface area (Å²) in [6.07, 6.45) is 2.87. The molecule has 0 aliphatic heterocycles. The van der Waals surface area contributed by atoms with Crippen LogP contribution in [-0.4, -0.2) is 48.0 Å². The summed E-state index contributed by atoms with van der Waals surface area (Å²) in [5, 5.41) is 20.0. The molecule has 0 aromatic heterocycles. The number of amides is 1. The van der Waals surface area contributed by atoms with E-state index in [-0.39, 0.29) is 25.1 Å². The lowest BCUT2D eigenvalue weighted by atomic mass is 10.1. The van der Waals surface area contributed by atoms with Crippen LogP contribution < -0.4 is 5.32 Å². The summed E-state index contributed by atoms with van der Waals surface area (Å²) in [6, 6.07) is -0.586. The first-order chi connectivity index (χ1) is 8.63. The van der Waals surface area contributed by atoms with Gasteiger partial charge in [-0.25, -0.2) is 0 Å². The van der Waals surface area contributed by atoms with Gasteiger partial charge >= 0.3 is 5.97 Å². The van der Waals surface area contributed by atoms with E-state index in [4.69, 9.17) is 14.9 Å². The first-order valence-corrected chi connectivity index (χ1v) is 6.30. The number of ether oxygens (including phenoxy) is 1.